The molecule has 1 saturated heterocycles. The first-order valence-corrected chi connectivity index (χ1v) is 9.83. The number of hydrogen-bond donors (Lipinski definition) is 4. The SMILES string of the molecule is CC1(C2CC2)NC(=O)N(CC(=O)NCC(O)CNC(=O)c2coc3c2COC3)C1=O. The van der Waals surface area contributed by atoms with Crippen LogP contribution in [-0.2, 0) is 27.5 Å². The molecule has 2 atom stereocenters. The van der Waals surface area contributed by atoms with Crippen molar-refractivity contribution in [3.63, 3.8) is 0 Å². The molecule has 1 saturated carbocycles. The van der Waals surface area contributed by atoms with Gasteiger partial charge in [-0.2, -0.15) is 0 Å². The van der Waals surface area contributed by atoms with Crippen LogP contribution in [-0.4, -0.2) is 65.0 Å². The Morgan fingerprint density at radius 1 is 1.30 bits per heavy atom. The van der Waals surface area contributed by atoms with Crippen molar-refractivity contribution in [1.82, 2.24) is 20.9 Å². The van der Waals surface area contributed by atoms with E-state index in [1.54, 1.807) is 6.92 Å². The lowest BCUT2D eigenvalue weighted by Crippen LogP contribution is -2.47. The second-order valence-corrected chi connectivity index (χ2v) is 8.01. The summed E-state index contributed by atoms with van der Waals surface area (Å²) >= 11 is 0. The third kappa shape index (κ3) is 3.77. The van der Waals surface area contributed by atoms with Crippen LogP contribution < -0.4 is 16.0 Å². The second-order valence-electron chi connectivity index (χ2n) is 8.01. The Kier molecular flexibility index (Phi) is 5.24. The van der Waals surface area contributed by atoms with Crippen LogP contribution >= 0.6 is 0 Å². The molecule has 4 N–H and O–H groups in total. The van der Waals surface area contributed by atoms with Gasteiger partial charge in [0.1, 0.15) is 30.7 Å². The van der Waals surface area contributed by atoms with Gasteiger partial charge >= 0.3 is 6.03 Å². The van der Waals surface area contributed by atoms with Crippen molar-refractivity contribution in [1.29, 1.82) is 0 Å². The van der Waals surface area contributed by atoms with Crippen molar-refractivity contribution in [3.05, 3.63) is 23.2 Å². The number of nitrogens with zero attached hydrogens (tertiary/aromatic N) is 1. The number of urea groups is 1. The average Bonchev–Trinajstić information content (AvgIpc) is 3.28. The van der Waals surface area contributed by atoms with E-state index in [2.05, 4.69) is 16.0 Å². The summed E-state index contributed by atoms with van der Waals surface area (Å²) in [4.78, 5) is 49.8. The van der Waals surface area contributed by atoms with Crippen molar-refractivity contribution in [2.24, 2.45) is 5.92 Å². The summed E-state index contributed by atoms with van der Waals surface area (Å²) in [5.41, 5.74) is 0.109. The van der Waals surface area contributed by atoms with Crippen molar-refractivity contribution in [2.75, 3.05) is 19.6 Å². The molecular weight excluding hydrogens is 396 g/mol. The lowest BCUT2D eigenvalue weighted by atomic mass is 9.96. The summed E-state index contributed by atoms with van der Waals surface area (Å²) in [6.07, 6.45) is 2.04. The van der Waals surface area contributed by atoms with Crippen LogP contribution in [0.4, 0.5) is 4.79 Å². The van der Waals surface area contributed by atoms with Gasteiger partial charge in [-0.3, -0.25) is 19.3 Å². The van der Waals surface area contributed by atoms with E-state index >= 15 is 0 Å². The Bertz CT molecular complexity index is 893. The highest BCUT2D eigenvalue weighted by Gasteiger charge is 2.56. The van der Waals surface area contributed by atoms with Gasteiger partial charge in [-0.25, -0.2) is 4.79 Å². The van der Waals surface area contributed by atoms with Gasteiger partial charge in [-0.1, -0.05) is 0 Å². The number of carbonyl (C=O) groups excluding carboxylic acids is 4. The van der Waals surface area contributed by atoms with Gasteiger partial charge in [-0.05, 0) is 25.7 Å². The molecule has 30 heavy (non-hydrogen) atoms. The normalized spacial score (nSPS) is 23.9. The van der Waals surface area contributed by atoms with Crippen LogP contribution in [0.25, 0.3) is 0 Å². The summed E-state index contributed by atoms with van der Waals surface area (Å²) in [6, 6.07) is -0.589. The second kappa shape index (κ2) is 7.73. The van der Waals surface area contributed by atoms with E-state index in [9.17, 15) is 24.3 Å². The van der Waals surface area contributed by atoms with E-state index in [4.69, 9.17) is 9.15 Å². The van der Waals surface area contributed by atoms with Gasteiger partial charge in [0.2, 0.25) is 5.91 Å². The molecule has 2 fully saturated rings. The number of imide groups is 1. The summed E-state index contributed by atoms with van der Waals surface area (Å²) in [6.45, 7) is 1.65. The highest BCUT2D eigenvalue weighted by molar-refractivity contribution is 6.09. The zero-order valence-electron chi connectivity index (χ0n) is 16.5. The number of furan rings is 1. The van der Waals surface area contributed by atoms with Crippen molar-refractivity contribution in [2.45, 2.75) is 44.6 Å². The van der Waals surface area contributed by atoms with Crippen LogP contribution in [0.1, 0.15) is 41.4 Å². The molecule has 5 amide bonds. The fraction of sp³-hybridized carbons (Fsp3) is 0.579. The molecule has 0 spiro atoms. The Hall–Kier alpha value is -2.92. The van der Waals surface area contributed by atoms with Crippen LogP contribution in [0.2, 0.25) is 0 Å². The molecule has 4 rings (SSSR count). The van der Waals surface area contributed by atoms with Gasteiger partial charge in [0.05, 0.1) is 18.3 Å². The third-order valence-corrected chi connectivity index (χ3v) is 5.73. The lowest BCUT2D eigenvalue weighted by Gasteiger charge is -2.21. The fourth-order valence-electron chi connectivity index (χ4n) is 3.74. The van der Waals surface area contributed by atoms with Gasteiger partial charge in [-0.15, -0.1) is 0 Å². The van der Waals surface area contributed by atoms with E-state index in [-0.39, 0.29) is 19.0 Å². The molecule has 0 bridgehead atoms. The number of fused-ring (bicyclic) bond motifs is 1. The van der Waals surface area contributed by atoms with Crippen LogP contribution in [0, 0.1) is 5.92 Å². The molecule has 11 heteroatoms. The largest absolute Gasteiger partial charge is 0.466 e. The smallest absolute Gasteiger partial charge is 0.325 e. The van der Waals surface area contributed by atoms with Gasteiger partial charge in [0, 0.05) is 18.7 Å². The first-order valence-electron chi connectivity index (χ1n) is 9.83. The van der Waals surface area contributed by atoms with Crippen molar-refractivity contribution in [3.8, 4) is 0 Å². The van der Waals surface area contributed by atoms with E-state index < -0.39 is 41.9 Å². The molecule has 3 aliphatic rings. The van der Waals surface area contributed by atoms with Crippen LogP contribution in [0.15, 0.2) is 10.7 Å². The number of amides is 5. The number of aliphatic hydroxyl groups excluding tert-OH is 1. The molecule has 0 radical (unpaired) electrons. The minimum absolute atomic E-state index is 0.0944. The number of hydrogen-bond acceptors (Lipinski definition) is 7. The first kappa shape index (κ1) is 20.4. The highest BCUT2D eigenvalue weighted by Crippen LogP contribution is 2.42. The molecule has 1 aromatic rings. The zero-order chi connectivity index (χ0) is 21.5. The average molecular weight is 420 g/mol. The van der Waals surface area contributed by atoms with E-state index in [0.717, 1.165) is 17.7 Å². The molecule has 11 nitrogen and oxygen atoms in total. The molecule has 1 aromatic heterocycles. The molecule has 3 heterocycles. The summed E-state index contributed by atoms with van der Waals surface area (Å²) < 4.78 is 10.5. The van der Waals surface area contributed by atoms with Gasteiger partial charge < -0.3 is 30.2 Å². The molecule has 2 unspecified atom stereocenters. The number of rotatable bonds is 8. The standard InChI is InChI=1S/C19H24N4O7/c1-19(10-2-3-10)17(27)23(18(28)22-19)6-15(25)20-4-11(24)5-21-16(26)13-8-30-14-9-29-7-12(13)14/h8,10-11,24H,2-7,9H2,1H3,(H,20,25)(H,21,26)(H,22,28). The third-order valence-electron chi connectivity index (χ3n) is 5.73. The van der Waals surface area contributed by atoms with E-state index in [1.807, 2.05) is 0 Å². The van der Waals surface area contributed by atoms with Crippen LogP contribution in [0.3, 0.4) is 0 Å². The number of aliphatic hydroxyl groups is 1. The minimum Gasteiger partial charge on any atom is -0.466 e. The predicted molar refractivity (Wildman–Crippen MR) is 99.9 cm³/mol. The molecular formula is C19H24N4O7. The molecule has 1 aliphatic carbocycles. The summed E-state index contributed by atoms with van der Waals surface area (Å²) in [5, 5.41) is 17.7. The van der Waals surface area contributed by atoms with Crippen molar-refractivity contribution < 1.29 is 33.4 Å². The lowest BCUT2D eigenvalue weighted by molar-refractivity contribution is -0.135. The fourth-order valence-corrected chi connectivity index (χ4v) is 3.74. The monoisotopic (exact) mass is 420 g/mol. The minimum atomic E-state index is -1.05. The van der Waals surface area contributed by atoms with Crippen LogP contribution in [0.5, 0.6) is 0 Å². The van der Waals surface area contributed by atoms with Gasteiger partial charge in [0.25, 0.3) is 11.8 Å². The maximum atomic E-state index is 12.5. The molecule has 0 aromatic carbocycles. The highest BCUT2D eigenvalue weighted by atomic mass is 16.5. The molecule has 2 aliphatic heterocycles. The maximum Gasteiger partial charge on any atom is 0.325 e. The Morgan fingerprint density at radius 3 is 2.77 bits per heavy atom. The van der Waals surface area contributed by atoms with Gasteiger partial charge in [0.15, 0.2) is 0 Å². The Labute approximate surface area is 172 Å². The first-order chi connectivity index (χ1) is 14.3. The maximum absolute atomic E-state index is 12.5. The topological polar surface area (TPSA) is 150 Å². The Morgan fingerprint density at radius 2 is 2.03 bits per heavy atom. The zero-order valence-corrected chi connectivity index (χ0v) is 16.5. The molecule has 162 valence electrons. The van der Waals surface area contributed by atoms with Crippen molar-refractivity contribution >= 4 is 23.8 Å². The summed E-state index contributed by atoms with van der Waals surface area (Å²) in [5.74, 6) is -0.667. The Balaban J connectivity index is 1.21. The van der Waals surface area contributed by atoms with E-state index in [0.29, 0.717) is 30.1 Å². The number of ether oxygens (including phenoxy) is 1. The number of nitrogens with one attached hydrogen (secondary N) is 3. The quantitative estimate of drug-likeness (QED) is 0.404. The predicted octanol–water partition coefficient (Wildman–Crippen LogP) is -0.763. The van der Waals surface area contributed by atoms with E-state index in [1.165, 1.54) is 6.26 Å². The number of carbonyl (C=O) groups is 4. The summed E-state index contributed by atoms with van der Waals surface area (Å²) in [7, 11) is 0.